The van der Waals surface area contributed by atoms with Crippen LogP contribution in [0.15, 0.2) is 18.2 Å². The van der Waals surface area contributed by atoms with Gasteiger partial charge < -0.3 is 0 Å². The number of carbonyl (C=O) groups excluding carboxylic acids is 2. The van der Waals surface area contributed by atoms with Crippen molar-refractivity contribution in [3.05, 3.63) is 34.3 Å². The highest BCUT2D eigenvalue weighted by Crippen LogP contribution is 2.26. The number of benzene rings is 1. The molecule has 3 heteroatoms. The van der Waals surface area contributed by atoms with E-state index in [-0.39, 0.29) is 11.6 Å². The van der Waals surface area contributed by atoms with E-state index in [0.717, 1.165) is 0 Å². The number of hydrogen-bond acceptors (Lipinski definition) is 2. The molecule has 0 atom stereocenters. The van der Waals surface area contributed by atoms with E-state index in [1.165, 1.54) is 6.92 Å². The number of halogens is 1. The van der Waals surface area contributed by atoms with Crippen LogP contribution in [0, 0.1) is 5.41 Å². The van der Waals surface area contributed by atoms with Gasteiger partial charge in [0.05, 0.1) is 5.02 Å². The first kappa shape index (κ1) is 12.9. The Bertz CT molecular complexity index is 442. The van der Waals surface area contributed by atoms with Crippen LogP contribution < -0.4 is 0 Å². The normalized spacial score (nSPS) is 11.3. The average Bonchev–Trinajstić information content (AvgIpc) is 2.15. The van der Waals surface area contributed by atoms with Gasteiger partial charge in [-0.3, -0.25) is 9.59 Å². The Labute approximate surface area is 101 Å². The summed E-state index contributed by atoms with van der Waals surface area (Å²) in [5.41, 5.74) is 0.429. The zero-order valence-electron chi connectivity index (χ0n) is 9.93. The van der Waals surface area contributed by atoms with Gasteiger partial charge in [0.2, 0.25) is 0 Å². The zero-order valence-corrected chi connectivity index (χ0v) is 10.7. The summed E-state index contributed by atoms with van der Waals surface area (Å²) in [5, 5.41) is 0.393. The van der Waals surface area contributed by atoms with Crippen LogP contribution in [0.5, 0.6) is 0 Å². The van der Waals surface area contributed by atoms with Gasteiger partial charge in [-0.1, -0.05) is 32.4 Å². The SMILES string of the molecule is CC(=O)c1ccc(Cl)c(C(=O)C(C)(C)C)c1. The minimum Gasteiger partial charge on any atom is -0.295 e. The second-order valence-corrected chi connectivity index (χ2v) is 5.24. The molecular weight excluding hydrogens is 224 g/mol. The number of rotatable bonds is 2. The van der Waals surface area contributed by atoms with Gasteiger partial charge in [-0.05, 0) is 25.1 Å². The number of carbonyl (C=O) groups is 2. The van der Waals surface area contributed by atoms with Gasteiger partial charge in [0.1, 0.15) is 0 Å². The molecule has 0 fully saturated rings. The number of Topliss-reactive ketones (excluding diaryl/α,β-unsaturated/α-hetero) is 2. The molecule has 0 aliphatic carbocycles. The van der Waals surface area contributed by atoms with Crippen molar-refractivity contribution in [3.63, 3.8) is 0 Å². The molecule has 0 radical (unpaired) electrons. The van der Waals surface area contributed by atoms with Crippen LogP contribution in [0.25, 0.3) is 0 Å². The number of hydrogen-bond donors (Lipinski definition) is 0. The maximum Gasteiger partial charge on any atom is 0.169 e. The lowest BCUT2D eigenvalue weighted by molar-refractivity contribution is 0.0858. The Kier molecular flexibility index (Phi) is 3.54. The first-order chi connectivity index (χ1) is 7.23. The lowest BCUT2D eigenvalue weighted by Crippen LogP contribution is -2.20. The van der Waals surface area contributed by atoms with Crippen LogP contribution >= 0.6 is 11.6 Å². The van der Waals surface area contributed by atoms with Gasteiger partial charge in [-0.2, -0.15) is 0 Å². The van der Waals surface area contributed by atoms with Gasteiger partial charge in [0.25, 0.3) is 0 Å². The molecule has 0 saturated carbocycles. The van der Waals surface area contributed by atoms with Crippen LogP contribution in [0.1, 0.15) is 48.4 Å². The van der Waals surface area contributed by atoms with E-state index in [1.54, 1.807) is 18.2 Å². The molecule has 1 rings (SSSR count). The largest absolute Gasteiger partial charge is 0.295 e. The predicted molar refractivity (Wildman–Crippen MR) is 65.2 cm³/mol. The third kappa shape index (κ3) is 2.70. The summed E-state index contributed by atoms with van der Waals surface area (Å²) in [6, 6.07) is 4.79. The number of ketones is 2. The Morgan fingerprint density at radius 1 is 1.19 bits per heavy atom. The highest BCUT2D eigenvalue weighted by Gasteiger charge is 2.25. The van der Waals surface area contributed by atoms with Gasteiger partial charge in [-0.25, -0.2) is 0 Å². The van der Waals surface area contributed by atoms with Crippen LogP contribution in [0.2, 0.25) is 5.02 Å². The van der Waals surface area contributed by atoms with Crippen LogP contribution in [0.4, 0.5) is 0 Å². The topological polar surface area (TPSA) is 34.1 Å². The summed E-state index contributed by atoms with van der Waals surface area (Å²) in [4.78, 5) is 23.3. The second kappa shape index (κ2) is 4.38. The Balaban J connectivity index is 3.28. The van der Waals surface area contributed by atoms with Crippen LogP contribution in [-0.2, 0) is 0 Å². The van der Waals surface area contributed by atoms with Gasteiger partial charge in [-0.15, -0.1) is 0 Å². The van der Waals surface area contributed by atoms with Gasteiger partial charge >= 0.3 is 0 Å². The van der Waals surface area contributed by atoms with Crippen molar-refractivity contribution in [1.82, 2.24) is 0 Å². The maximum absolute atomic E-state index is 12.1. The smallest absolute Gasteiger partial charge is 0.169 e. The van der Waals surface area contributed by atoms with Crippen molar-refractivity contribution < 1.29 is 9.59 Å². The fourth-order valence-electron chi connectivity index (χ4n) is 1.32. The molecular formula is C13H15ClO2. The molecule has 0 spiro atoms. The van der Waals surface area contributed by atoms with E-state index < -0.39 is 5.41 Å². The lowest BCUT2D eigenvalue weighted by Gasteiger charge is -2.17. The van der Waals surface area contributed by atoms with E-state index in [1.807, 2.05) is 20.8 Å². The molecule has 16 heavy (non-hydrogen) atoms. The molecule has 0 aromatic heterocycles. The molecule has 0 aliphatic rings. The minimum atomic E-state index is -0.501. The minimum absolute atomic E-state index is 0.0550. The molecule has 0 amide bonds. The molecule has 0 bridgehead atoms. The second-order valence-electron chi connectivity index (χ2n) is 4.83. The Morgan fingerprint density at radius 2 is 1.75 bits per heavy atom. The van der Waals surface area contributed by atoms with Crippen molar-refractivity contribution in [2.45, 2.75) is 27.7 Å². The van der Waals surface area contributed by atoms with Crippen molar-refractivity contribution in [3.8, 4) is 0 Å². The molecule has 0 N–H and O–H groups in total. The zero-order chi connectivity index (χ0) is 12.5. The Hall–Kier alpha value is -1.15. The van der Waals surface area contributed by atoms with Gasteiger partial charge in [0, 0.05) is 16.5 Å². The third-order valence-corrected chi connectivity index (χ3v) is 2.63. The van der Waals surface area contributed by atoms with E-state index in [2.05, 4.69) is 0 Å². The summed E-state index contributed by atoms with van der Waals surface area (Å²) in [6.07, 6.45) is 0. The van der Waals surface area contributed by atoms with E-state index in [0.29, 0.717) is 16.1 Å². The first-order valence-corrected chi connectivity index (χ1v) is 5.46. The van der Waals surface area contributed by atoms with Gasteiger partial charge in [0.15, 0.2) is 11.6 Å². The quantitative estimate of drug-likeness (QED) is 0.735. The molecule has 86 valence electrons. The summed E-state index contributed by atoms with van der Waals surface area (Å²) in [7, 11) is 0. The van der Waals surface area contributed by atoms with E-state index >= 15 is 0 Å². The molecule has 1 aromatic carbocycles. The monoisotopic (exact) mass is 238 g/mol. The Morgan fingerprint density at radius 3 is 2.19 bits per heavy atom. The summed E-state index contributed by atoms with van der Waals surface area (Å²) in [5.74, 6) is -0.125. The molecule has 1 aromatic rings. The molecule has 2 nitrogen and oxygen atoms in total. The van der Waals surface area contributed by atoms with E-state index in [9.17, 15) is 9.59 Å². The fourth-order valence-corrected chi connectivity index (χ4v) is 1.53. The lowest BCUT2D eigenvalue weighted by atomic mass is 9.86. The van der Waals surface area contributed by atoms with Crippen molar-refractivity contribution in [2.75, 3.05) is 0 Å². The maximum atomic E-state index is 12.1. The average molecular weight is 239 g/mol. The predicted octanol–water partition coefficient (Wildman–Crippen LogP) is 3.77. The van der Waals surface area contributed by atoms with Crippen molar-refractivity contribution in [1.29, 1.82) is 0 Å². The highest BCUT2D eigenvalue weighted by atomic mass is 35.5. The molecule has 0 saturated heterocycles. The standard InChI is InChI=1S/C13H15ClO2/c1-8(15)9-5-6-11(14)10(7-9)12(16)13(2,3)4/h5-7H,1-4H3. The van der Waals surface area contributed by atoms with Crippen molar-refractivity contribution in [2.24, 2.45) is 5.41 Å². The first-order valence-electron chi connectivity index (χ1n) is 5.09. The van der Waals surface area contributed by atoms with Crippen LogP contribution in [-0.4, -0.2) is 11.6 Å². The van der Waals surface area contributed by atoms with Crippen LogP contribution in [0.3, 0.4) is 0 Å². The fraction of sp³-hybridized carbons (Fsp3) is 0.385. The summed E-state index contributed by atoms with van der Waals surface area (Å²) >= 11 is 5.97. The summed E-state index contributed by atoms with van der Waals surface area (Å²) in [6.45, 7) is 6.94. The molecule has 0 heterocycles. The molecule has 0 unspecified atom stereocenters. The van der Waals surface area contributed by atoms with Crippen molar-refractivity contribution >= 4 is 23.2 Å². The molecule has 0 aliphatic heterocycles. The highest BCUT2D eigenvalue weighted by molar-refractivity contribution is 6.34. The summed E-state index contributed by atoms with van der Waals surface area (Å²) < 4.78 is 0. The van der Waals surface area contributed by atoms with E-state index in [4.69, 9.17) is 11.6 Å². The third-order valence-electron chi connectivity index (χ3n) is 2.30.